The number of nitrogens with one attached hydrogen (secondary N) is 2. The number of dihydropyridines is 1. The summed E-state index contributed by atoms with van der Waals surface area (Å²) in [5.41, 5.74) is 1.40. The standard InChI is InChI=1S/C8H10N2O/c1-6-3-4-7(5-10-6)8(11)9-2/h3-5,10H,1H2,2H3,(H,9,11). The van der Waals surface area contributed by atoms with Gasteiger partial charge < -0.3 is 10.6 Å². The Morgan fingerprint density at radius 1 is 1.64 bits per heavy atom. The predicted molar refractivity (Wildman–Crippen MR) is 43.6 cm³/mol. The lowest BCUT2D eigenvalue weighted by Crippen LogP contribution is -2.22. The van der Waals surface area contributed by atoms with E-state index in [2.05, 4.69) is 17.2 Å². The summed E-state index contributed by atoms with van der Waals surface area (Å²) in [5, 5.41) is 5.36. The smallest absolute Gasteiger partial charge is 0.252 e. The van der Waals surface area contributed by atoms with E-state index in [1.807, 2.05) is 0 Å². The third-order valence-electron chi connectivity index (χ3n) is 1.37. The molecule has 0 fully saturated rings. The van der Waals surface area contributed by atoms with Crippen molar-refractivity contribution in [3.63, 3.8) is 0 Å². The molecule has 0 aromatic heterocycles. The number of hydrogen-bond donors (Lipinski definition) is 2. The predicted octanol–water partition coefficient (Wildman–Crippen LogP) is 0.289. The maximum atomic E-state index is 11.0. The summed E-state index contributed by atoms with van der Waals surface area (Å²) in [6, 6.07) is 0. The van der Waals surface area contributed by atoms with E-state index in [-0.39, 0.29) is 5.91 Å². The number of carbonyl (C=O) groups excluding carboxylic acids is 1. The van der Waals surface area contributed by atoms with Crippen molar-refractivity contribution in [2.75, 3.05) is 7.05 Å². The average molecular weight is 150 g/mol. The molecule has 11 heavy (non-hydrogen) atoms. The molecule has 0 aromatic carbocycles. The highest BCUT2D eigenvalue weighted by Gasteiger charge is 2.05. The van der Waals surface area contributed by atoms with Gasteiger partial charge in [-0.25, -0.2) is 0 Å². The lowest BCUT2D eigenvalue weighted by molar-refractivity contribution is -0.116. The van der Waals surface area contributed by atoms with Crippen LogP contribution in [0.1, 0.15) is 0 Å². The number of rotatable bonds is 1. The van der Waals surface area contributed by atoms with Crippen molar-refractivity contribution in [1.82, 2.24) is 10.6 Å². The summed E-state index contributed by atoms with van der Waals surface area (Å²) in [4.78, 5) is 11.0. The topological polar surface area (TPSA) is 41.1 Å². The second-order valence-electron chi connectivity index (χ2n) is 2.18. The van der Waals surface area contributed by atoms with E-state index in [4.69, 9.17) is 0 Å². The molecule has 1 heterocycles. The van der Waals surface area contributed by atoms with Crippen molar-refractivity contribution < 1.29 is 4.79 Å². The van der Waals surface area contributed by atoms with Gasteiger partial charge >= 0.3 is 0 Å². The van der Waals surface area contributed by atoms with Gasteiger partial charge in [0.25, 0.3) is 5.91 Å². The minimum atomic E-state index is -0.0961. The van der Waals surface area contributed by atoms with E-state index in [1.54, 1.807) is 25.4 Å². The zero-order chi connectivity index (χ0) is 8.27. The first-order valence-corrected chi connectivity index (χ1v) is 3.30. The summed E-state index contributed by atoms with van der Waals surface area (Å²) in [6.45, 7) is 3.66. The zero-order valence-electron chi connectivity index (χ0n) is 6.35. The molecule has 0 aromatic rings. The Hall–Kier alpha value is -1.51. The van der Waals surface area contributed by atoms with Crippen LogP contribution in [-0.4, -0.2) is 13.0 Å². The Morgan fingerprint density at radius 2 is 2.36 bits per heavy atom. The Bertz CT molecular complexity index is 251. The monoisotopic (exact) mass is 150 g/mol. The second kappa shape index (κ2) is 3.05. The van der Waals surface area contributed by atoms with Gasteiger partial charge in [0.05, 0.1) is 5.57 Å². The van der Waals surface area contributed by atoms with Gasteiger partial charge in [-0.3, -0.25) is 4.79 Å². The van der Waals surface area contributed by atoms with Crippen LogP contribution in [0.5, 0.6) is 0 Å². The van der Waals surface area contributed by atoms with E-state index in [0.29, 0.717) is 5.57 Å². The molecule has 3 nitrogen and oxygen atoms in total. The van der Waals surface area contributed by atoms with Crippen LogP contribution in [-0.2, 0) is 4.79 Å². The van der Waals surface area contributed by atoms with Crippen LogP contribution >= 0.6 is 0 Å². The fourth-order valence-electron chi connectivity index (χ4n) is 0.743. The van der Waals surface area contributed by atoms with Crippen molar-refractivity contribution >= 4 is 5.91 Å². The van der Waals surface area contributed by atoms with Gasteiger partial charge in [0, 0.05) is 18.9 Å². The van der Waals surface area contributed by atoms with Gasteiger partial charge in [0.15, 0.2) is 0 Å². The molecule has 58 valence electrons. The van der Waals surface area contributed by atoms with Crippen molar-refractivity contribution in [3.8, 4) is 0 Å². The minimum Gasteiger partial charge on any atom is -0.361 e. The van der Waals surface area contributed by atoms with Gasteiger partial charge in [0.2, 0.25) is 0 Å². The van der Waals surface area contributed by atoms with Crippen LogP contribution < -0.4 is 10.6 Å². The fourth-order valence-corrected chi connectivity index (χ4v) is 0.743. The molecule has 0 atom stereocenters. The molecule has 1 aliphatic heterocycles. The average Bonchev–Trinajstić information content (AvgIpc) is 2.05. The number of amides is 1. The van der Waals surface area contributed by atoms with E-state index in [9.17, 15) is 4.79 Å². The van der Waals surface area contributed by atoms with E-state index >= 15 is 0 Å². The maximum absolute atomic E-state index is 11.0. The van der Waals surface area contributed by atoms with Gasteiger partial charge in [-0.15, -0.1) is 0 Å². The molecule has 1 aliphatic rings. The van der Waals surface area contributed by atoms with Crippen molar-refractivity contribution in [1.29, 1.82) is 0 Å². The van der Waals surface area contributed by atoms with Crippen LogP contribution in [0.15, 0.2) is 36.2 Å². The lowest BCUT2D eigenvalue weighted by atomic mass is 10.2. The quantitative estimate of drug-likeness (QED) is 0.564. The largest absolute Gasteiger partial charge is 0.361 e. The first-order chi connectivity index (χ1) is 5.24. The summed E-state index contributed by atoms with van der Waals surface area (Å²) in [7, 11) is 1.60. The van der Waals surface area contributed by atoms with Crippen LogP contribution in [0.25, 0.3) is 0 Å². The van der Waals surface area contributed by atoms with Gasteiger partial charge in [-0.2, -0.15) is 0 Å². The van der Waals surface area contributed by atoms with E-state index in [0.717, 1.165) is 5.70 Å². The Labute approximate surface area is 65.5 Å². The van der Waals surface area contributed by atoms with Crippen molar-refractivity contribution in [3.05, 3.63) is 36.2 Å². The Kier molecular flexibility index (Phi) is 2.11. The van der Waals surface area contributed by atoms with Gasteiger partial charge in [-0.05, 0) is 12.2 Å². The molecule has 0 unspecified atom stereocenters. The second-order valence-corrected chi connectivity index (χ2v) is 2.18. The Balaban J connectivity index is 2.70. The SMILES string of the molecule is C=C1C=CC(C(=O)NC)=CN1. The molecule has 1 amide bonds. The molecular weight excluding hydrogens is 140 g/mol. The third kappa shape index (κ3) is 1.70. The summed E-state index contributed by atoms with van der Waals surface area (Å²) < 4.78 is 0. The highest BCUT2D eigenvalue weighted by atomic mass is 16.1. The molecule has 0 bridgehead atoms. The van der Waals surface area contributed by atoms with E-state index in [1.165, 1.54) is 0 Å². The first-order valence-electron chi connectivity index (χ1n) is 3.30. The van der Waals surface area contributed by atoms with Crippen molar-refractivity contribution in [2.24, 2.45) is 0 Å². The fraction of sp³-hybridized carbons (Fsp3) is 0.125. The van der Waals surface area contributed by atoms with Gasteiger partial charge in [-0.1, -0.05) is 6.58 Å². The molecule has 2 N–H and O–H groups in total. The molecule has 0 aliphatic carbocycles. The molecule has 3 heteroatoms. The first kappa shape index (κ1) is 7.60. The molecular formula is C8H10N2O. The van der Waals surface area contributed by atoms with Crippen LogP contribution in [0.4, 0.5) is 0 Å². The lowest BCUT2D eigenvalue weighted by Gasteiger charge is -2.08. The molecule has 0 spiro atoms. The van der Waals surface area contributed by atoms with Crippen LogP contribution in [0.2, 0.25) is 0 Å². The number of carbonyl (C=O) groups is 1. The minimum absolute atomic E-state index is 0.0961. The zero-order valence-corrected chi connectivity index (χ0v) is 6.35. The number of likely N-dealkylation sites (N-methyl/N-ethyl adjacent to an activating group) is 1. The molecule has 0 radical (unpaired) electrons. The maximum Gasteiger partial charge on any atom is 0.252 e. The van der Waals surface area contributed by atoms with Crippen LogP contribution in [0, 0.1) is 0 Å². The molecule has 0 saturated heterocycles. The molecule has 1 rings (SSSR count). The summed E-state index contributed by atoms with van der Waals surface area (Å²) in [6.07, 6.45) is 5.10. The van der Waals surface area contributed by atoms with E-state index < -0.39 is 0 Å². The van der Waals surface area contributed by atoms with Crippen molar-refractivity contribution in [2.45, 2.75) is 0 Å². The van der Waals surface area contributed by atoms with Gasteiger partial charge in [0.1, 0.15) is 0 Å². The number of hydrogen-bond acceptors (Lipinski definition) is 2. The van der Waals surface area contributed by atoms with Crippen LogP contribution in [0.3, 0.4) is 0 Å². The normalized spacial score (nSPS) is 15.4. The number of allylic oxidation sites excluding steroid dienone is 1. The highest BCUT2D eigenvalue weighted by molar-refractivity contribution is 5.96. The Morgan fingerprint density at radius 3 is 2.82 bits per heavy atom. The summed E-state index contributed by atoms with van der Waals surface area (Å²) >= 11 is 0. The third-order valence-corrected chi connectivity index (χ3v) is 1.37. The highest BCUT2D eigenvalue weighted by Crippen LogP contribution is 2.03. The molecule has 0 saturated carbocycles. The summed E-state index contributed by atoms with van der Waals surface area (Å²) in [5.74, 6) is -0.0961.